The predicted octanol–water partition coefficient (Wildman–Crippen LogP) is 2.93. The van der Waals surface area contributed by atoms with Gasteiger partial charge in [-0.3, -0.25) is 4.79 Å². The van der Waals surface area contributed by atoms with Gasteiger partial charge in [0.25, 0.3) is 5.91 Å². The second-order valence-electron chi connectivity index (χ2n) is 4.92. The lowest BCUT2D eigenvalue weighted by Crippen LogP contribution is -2.24. The zero-order chi connectivity index (χ0) is 16.1. The molecule has 0 saturated heterocycles. The monoisotopic (exact) mass is 363 g/mol. The molecule has 0 atom stereocenters. The van der Waals surface area contributed by atoms with Gasteiger partial charge in [-0.25, -0.2) is 5.43 Å². The lowest BCUT2D eigenvalue weighted by Gasteiger charge is -2.04. The Bertz CT molecular complexity index is 690. The van der Waals surface area contributed by atoms with Crippen LogP contribution in [-0.4, -0.2) is 23.3 Å². The number of aromatic nitrogens is 1. The van der Waals surface area contributed by atoms with E-state index >= 15 is 0 Å². The highest BCUT2D eigenvalue weighted by Gasteiger charge is 2.04. The normalized spacial score (nSPS) is 10.9. The number of halogens is 1. The molecule has 0 unspecified atom stereocenters. The summed E-state index contributed by atoms with van der Waals surface area (Å²) in [6.07, 6.45) is 1.64. The molecule has 1 amide bonds. The highest BCUT2D eigenvalue weighted by Crippen LogP contribution is 2.15. The summed E-state index contributed by atoms with van der Waals surface area (Å²) in [4.78, 5) is 11.7. The Morgan fingerprint density at radius 2 is 2.05 bits per heavy atom. The van der Waals surface area contributed by atoms with E-state index in [-0.39, 0.29) is 12.5 Å². The molecule has 0 aliphatic carbocycles. The Morgan fingerprint density at radius 1 is 1.36 bits per heavy atom. The van der Waals surface area contributed by atoms with Crippen molar-refractivity contribution in [1.29, 1.82) is 0 Å². The summed E-state index contributed by atoms with van der Waals surface area (Å²) in [5.74, 6) is 0.335. The van der Waals surface area contributed by atoms with E-state index in [1.165, 1.54) is 0 Å². The molecule has 1 N–H and O–H groups in total. The minimum Gasteiger partial charge on any atom is -0.484 e. The molecule has 5 nitrogen and oxygen atoms in total. The number of hydrogen-bond donors (Lipinski definition) is 1. The molecule has 0 spiro atoms. The van der Waals surface area contributed by atoms with Crippen molar-refractivity contribution in [3.8, 4) is 5.75 Å². The number of nitrogens with one attached hydrogen (secondary N) is 1. The average molecular weight is 364 g/mol. The van der Waals surface area contributed by atoms with Crippen LogP contribution in [0, 0.1) is 13.8 Å². The number of rotatable bonds is 5. The number of hydrazone groups is 1. The Hall–Kier alpha value is -2.08. The molecule has 0 aliphatic rings. The number of carbonyl (C=O) groups excluding carboxylic acids is 1. The molecule has 0 aliphatic heterocycles. The van der Waals surface area contributed by atoms with E-state index in [2.05, 4.69) is 31.0 Å². The van der Waals surface area contributed by atoms with Gasteiger partial charge >= 0.3 is 0 Å². The van der Waals surface area contributed by atoms with E-state index in [9.17, 15) is 4.79 Å². The van der Waals surface area contributed by atoms with Crippen LogP contribution in [0.15, 0.2) is 39.9 Å². The van der Waals surface area contributed by atoms with E-state index in [0.717, 1.165) is 21.4 Å². The van der Waals surface area contributed by atoms with Crippen molar-refractivity contribution < 1.29 is 9.53 Å². The molecule has 116 valence electrons. The van der Waals surface area contributed by atoms with Crippen molar-refractivity contribution in [3.63, 3.8) is 0 Å². The molecule has 1 aromatic carbocycles. The van der Waals surface area contributed by atoms with Crippen LogP contribution in [0.25, 0.3) is 0 Å². The summed E-state index contributed by atoms with van der Waals surface area (Å²) in [7, 11) is 1.99. The summed E-state index contributed by atoms with van der Waals surface area (Å²) >= 11 is 3.34. The van der Waals surface area contributed by atoms with Gasteiger partial charge in [-0.1, -0.05) is 15.9 Å². The van der Waals surface area contributed by atoms with Crippen LogP contribution in [0.1, 0.15) is 17.0 Å². The SMILES string of the molecule is Cc1cc(/C=N\NC(=O)COc2ccc(Br)cc2)c(C)n1C. The quantitative estimate of drug-likeness (QED) is 0.655. The first-order chi connectivity index (χ1) is 10.5. The lowest BCUT2D eigenvalue weighted by atomic mass is 10.3. The number of ether oxygens (including phenoxy) is 1. The first-order valence-corrected chi connectivity index (χ1v) is 7.60. The first-order valence-electron chi connectivity index (χ1n) is 6.80. The zero-order valence-corrected chi connectivity index (χ0v) is 14.3. The molecule has 0 bridgehead atoms. The molecule has 22 heavy (non-hydrogen) atoms. The van der Waals surface area contributed by atoms with Crippen LogP contribution < -0.4 is 10.2 Å². The summed E-state index contributed by atoms with van der Waals surface area (Å²) in [6.45, 7) is 3.95. The van der Waals surface area contributed by atoms with E-state index in [1.54, 1.807) is 18.3 Å². The van der Waals surface area contributed by atoms with E-state index in [4.69, 9.17) is 4.74 Å². The third kappa shape index (κ3) is 4.21. The number of carbonyl (C=O) groups is 1. The first kappa shape index (κ1) is 16.3. The maximum atomic E-state index is 11.7. The fraction of sp³-hybridized carbons (Fsp3) is 0.250. The summed E-state index contributed by atoms with van der Waals surface area (Å²) < 4.78 is 8.39. The van der Waals surface area contributed by atoms with Gasteiger partial charge in [0.1, 0.15) is 5.75 Å². The van der Waals surface area contributed by atoms with Gasteiger partial charge in [-0.05, 0) is 44.2 Å². The largest absolute Gasteiger partial charge is 0.484 e. The molecule has 0 saturated carbocycles. The fourth-order valence-corrected chi connectivity index (χ4v) is 2.17. The molecule has 0 radical (unpaired) electrons. The molecule has 2 rings (SSSR count). The number of hydrogen-bond acceptors (Lipinski definition) is 3. The van der Waals surface area contributed by atoms with Gasteiger partial charge in [-0.15, -0.1) is 0 Å². The van der Waals surface area contributed by atoms with E-state index in [0.29, 0.717) is 5.75 Å². The van der Waals surface area contributed by atoms with Crippen molar-refractivity contribution in [2.75, 3.05) is 6.61 Å². The van der Waals surface area contributed by atoms with Crippen LogP contribution in [0.2, 0.25) is 0 Å². The predicted molar refractivity (Wildman–Crippen MR) is 90.3 cm³/mol. The summed E-state index contributed by atoms with van der Waals surface area (Å²) in [5, 5.41) is 3.96. The van der Waals surface area contributed by atoms with Crippen molar-refractivity contribution in [2.24, 2.45) is 12.1 Å². The van der Waals surface area contributed by atoms with Crippen LogP contribution >= 0.6 is 15.9 Å². The molecule has 1 aromatic heterocycles. The van der Waals surface area contributed by atoms with E-state index < -0.39 is 0 Å². The summed E-state index contributed by atoms with van der Waals surface area (Å²) in [6, 6.07) is 9.30. The van der Waals surface area contributed by atoms with Crippen LogP contribution in [0.4, 0.5) is 0 Å². The van der Waals surface area contributed by atoms with Crippen molar-refractivity contribution >= 4 is 28.1 Å². The number of benzene rings is 1. The molecule has 2 aromatic rings. The van der Waals surface area contributed by atoms with Gasteiger partial charge < -0.3 is 9.30 Å². The zero-order valence-electron chi connectivity index (χ0n) is 12.8. The number of aryl methyl sites for hydroxylation is 1. The molecular weight excluding hydrogens is 346 g/mol. The minimum atomic E-state index is -0.301. The van der Waals surface area contributed by atoms with Crippen molar-refractivity contribution in [1.82, 2.24) is 9.99 Å². The lowest BCUT2D eigenvalue weighted by molar-refractivity contribution is -0.123. The standard InChI is InChI=1S/C16H18BrN3O2/c1-11-8-13(12(2)20(11)3)9-18-19-16(21)10-22-15-6-4-14(17)5-7-15/h4-9H,10H2,1-3H3,(H,19,21)/b18-9-. The van der Waals surface area contributed by atoms with Crippen LogP contribution in [0.5, 0.6) is 5.75 Å². The van der Waals surface area contributed by atoms with Gasteiger partial charge in [0, 0.05) is 28.5 Å². The van der Waals surface area contributed by atoms with Gasteiger partial charge in [-0.2, -0.15) is 5.10 Å². The maximum absolute atomic E-state index is 11.7. The number of amides is 1. The second kappa shape index (κ2) is 7.26. The third-order valence-corrected chi connectivity index (χ3v) is 3.92. The highest BCUT2D eigenvalue weighted by atomic mass is 79.9. The Labute approximate surface area is 138 Å². The van der Waals surface area contributed by atoms with Gasteiger partial charge in [0.05, 0.1) is 6.21 Å². The Morgan fingerprint density at radius 3 is 2.64 bits per heavy atom. The van der Waals surface area contributed by atoms with Crippen LogP contribution in [-0.2, 0) is 11.8 Å². The second-order valence-corrected chi connectivity index (χ2v) is 5.84. The number of nitrogens with zero attached hydrogens (tertiary/aromatic N) is 2. The Kier molecular flexibility index (Phi) is 5.38. The topological polar surface area (TPSA) is 55.6 Å². The van der Waals surface area contributed by atoms with Crippen LogP contribution in [0.3, 0.4) is 0 Å². The maximum Gasteiger partial charge on any atom is 0.277 e. The minimum absolute atomic E-state index is 0.0776. The molecular formula is C16H18BrN3O2. The van der Waals surface area contributed by atoms with Gasteiger partial charge in [0.2, 0.25) is 0 Å². The smallest absolute Gasteiger partial charge is 0.277 e. The Balaban J connectivity index is 1.83. The average Bonchev–Trinajstić information content (AvgIpc) is 2.74. The molecule has 1 heterocycles. The highest BCUT2D eigenvalue weighted by molar-refractivity contribution is 9.10. The summed E-state index contributed by atoms with van der Waals surface area (Å²) in [5.41, 5.74) is 5.68. The third-order valence-electron chi connectivity index (χ3n) is 3.39. The molecule has 6 heteroatoms. The van der Waals surface area contributed by atoms with E-state index in [1.807, 2.05) is 39.1 Å². The van der Waals surface area contributed by atoms with Crippen molar-refractivity contribution in [2.45, 2.75) is 13.8 Å². The fourth-order valence-electron chi connectivity index (χ4n) is 1.90. The van der Waals surface area contributed by atoms with Gasteiger partial charge in [0.15, 0.2) is 6.61 Å². The van der Waals surface area contributed by atoms with Crippen molar-refractivity contribution in [3.05, 3.63) is 51.8 Å². The molecule has 0 fully saturated rings.